The van der Waals surface area contributed by atoms with Crippen molar-refractivity contribution in [3.63, 3.8) is 0 Å². The van der Waals surface area contributed by atoms with Gasteiger partial charge in [-0.15, -0.1) is 0 Å². The van der Waals surface area contributed by atoms with Crippen molar-refractivity contribution in [2.45, 2.75) is 57.2 Å². The number of aromatic nitrogens is 1. The lowest BCUT2D eigenvalue weighted by molar-refractivity contribution is -0.123. The van der Waals surface area contributed by atoms with Gasteiger partial charge >= 0.3 is 0 Å². The Bertz CT molecular complexity index is 644. The molecule has 1 aliphatic carbocycles. The number of hydrogen-bond acceptors (Lipinski definition) is 6. The second-order valence-electron chi connectivity index (χ2n) is 7.41. The molecule has 0 bridgehead atoms. The topological polar surface area (TPSA) is 85.4 Å². The van der Waals surface area contributed by atoms with Gasteiger partial charge < -0.3 is 9.73 Å². The fourth-order valence-electron chi connectivity index (χ4n) is 3.89. The number of aryl methyl sites for hydroxylation is 1. The van der Waals surface area contributed by atoms with Crippen LogP contribution >= 0.6 is 0 Å². The second-order valence-corrected chi connectivity index (χ2v) is 7.41. The van der Waals surface area contributed by atoms with Crippen molar-refractivity contribution in [2.24, 2.45) is 0 Å². The third kappa shape index (κ3) is 4.39. The van der Waals surface area contributed by atoms with E-state index in [9.17, 15) is 10.1 Å². The van der Waals surface area contributed by atoms with Crippen molar-refractivity contribution < 1.29 is 9.21 Å². The molecule has 3 rings (SSSR count). The van der Waals surface area contributed by atoms with Crippen LogP contribution in [0, 0.1) is 18.3 Å². The molecule has 0 unspecified atom stereocenters. The molecule has 1 amide bonds. The third-order valence-electron chi connectivity index (χ3n) is 5.34. The average Bonchev–Trinajstić information content (AvgIpc) is 3.30. The molecule has 1 aromatic rings. The fraction of sp³-hybridized carbons (Fsp3) is 0.722. The highest BCUT2D eigenvalue weighted by molar-refractivity contribution is 5.79. The Morgan fingerprint density at radius 2 is 2.32 bits per heavy atom. The minimum atomic E-state index is -0.629. The van der Waals surface area contributed by atoms with E-state index < -0.39 is 5.54 Å². The van der Waals surface area contributed by atoms with Crippen LogP contribution in [0.4, 0.5) is 0 Å². The SMILES string of the molecule is Cc1cnc(CN(C)[C@H]2CCN(CC(=O)NC3(C#N)CCCC3)C2)o1. The Balaban J connectivity index is 1.46. The summed E-state index contributed by atoms with van der Waals surface area (Å²) >= 11 is 0. The van der Waals surface area contributed by atoms with Gasteiger partial charge in [-0.05, 0) is 46.1 Å². The Kier molecular flexibility index (Phi) is 5.40. The fourth-order valence-corrected chi connectivity index (χ4v) is 3.89. The zero-order valence-corrected chi connectivity index (χ0v) is 15.1. The van der Waals surface area contributed by atoms with E-state index in [4.69, 9.17) is 4.42 Å². The van der Waals surface area contributed by atoms with Crippen LogP contribution in [0.15, 0.2) is 10.6 Å². The molecule has 0 radical (unpaired) electrons. The molecule has 2 aliphatic rings. The van der Waals surface area contributed by atoms with Gasteiger partial charge in [0.15, 0.2) is 0 Å². The van der Waals surface area contributed by atoms with Crippen LogP contribution in [0.3, 0.4) is 0 Å². The number of oxazole rings is 1. The normalized spacial score (nSPS) is 23.0. The smallest absolute Gasteiger partial charge is 0.235 e. The minimum absolute atomic E-state index is 0.0323. The first-order chi connectivity index (χ1) is 12.0. The first-order valence-electron chi connectivity index (χ1n) is 9.06. The first kappa shape index (κ1) is 17.9. The van der Waals surface area contributed by atoms with E-state index in [2.05, 4.69) is 33.2 Å². The molecule has 136 valence electrons. The van der Waals surface area contributed by atoms with Crippen LogP contribution in [-0.4, -0.2) is 59.0 Å². The average molecular weight is 345 g/mol. The number of carbonyl (C=O) groups excluding carboxylic acids is 1. The van der Waals surface area contributed by atoms with Gasteiger partial charge in [0.25, 0.3) is 0 Å². The number of rotatable bonds is 6. The van der Waals surface area contributed by atoms with Crippen LogP contribution in [0.5, 0.6) is 0 Å². The number of nitrogens with zero attached hydrogens (tertiary/aromatic N) is 4. The summed E-state index contributed by atoms with van der Waals surface area (Å²) < 4.78 is 5.54. The van der Waals surface area contributed by atoms with Gasteiger partial charge in [0.2, 0.25) is 11.8 Å². The highest BCUT2D eigenvalue weighted by atomic mass is 16.4. The number of likely N-dealkylation sites (N-methyl/N-ethyl adjacent to an activating group) is 1. The monoisotopic (exact) mass is 345 g/mol. The molecule has 7 nitrogen and oxygen atoms in total. The maximum Gasteiger partial charge on any atom is 0.235 e. The molecule has 2 heterocycles. The summed E-state index contributed by atoms with van der Waals surface area (Å²) in [6, 6.07) is 2.70. The van der Waals surface area contributed by atoms with Crippen LogP contribution in [0.2, 0.25) is 0 Å². The highest BCUT2D eigenvalue weighted by Gasteiger charge is 2.36. The number of nitriles is 1. The van der Waals surface area contributed by atoms with E-state index >= 15 is 0 Å². The quantitative estimate of drug-likeness (QED) is 0.840. The van der Waals surface area contributed by atoms with Crippen molar-refractivity contribution in [3.05, 3.63) is 17.8 Å². The summed E-state index contributed by atoms with van der Waals surface area (Å²) in [6.45, 7) is 4.68. The van der Waals surface area contributed by atoms with E-state index in [-0.39, 0.29) is 5.91 Å². The molecule has 7 heteroatoms. The Labute approximate surface area is 149 Å². The molecule has 1 N–H and O–H groups in total. The number of hydrogen-bond donors (Lipinski definition) is 1. The maximum absolute atomic E-state index is 12.3. The van der Waals surface area contributed by atoms with E-state index in [0.29, 0.717) is 19.1 Å². The van der Waals surface area contributed by atoms with Crippen molar-refractivity contribution in [2.75, 3.05) is 26.7 Å². The van der Waals surface area contributed by atoms with Crippen molar-refractivity contribution >= 4 is 5.91 Å². The zero-order valence-electron chi connectivity index (χ0n) is 15.1. The van der Waals surface area contributed by atoms with Crippen LogP contribution < -0.4 is 5.32 Å². The predicted molar refractivity (Wildman–Crippen MR) is 92.5 cm³/mol. The summed E-state index contributed by atoms with van der Waals surface area (Å²) in [4.78, 5) is 21.0. The van der Waals surface area contributed by atoms with E-state index in [0.717, 1.165) is 56.8 Å². The van der Waals surface area contributed by atoms with Gasteiger partial charge in [-0.25, -0.2) is 4.98 Å². The molecule has 1 aliphatic heterocycles. The van der Waals surface area contributed by atoms with Gasteiger partial charge in [-0.1, -0.05) is 0 Å². The van der Waals surface area contributed by atoms with Gasteiger partial charge in [-0.3, -0.25) is 14.6 Å². The van der Waals surface area contributed by atoms with Crippen LogP contribution in [0.25, 0.3) is 0 Å². The molecular weight excluding hydrogens is 318 g/mol. The van der Waals surface area contributed by atoms with Crippen LogP contribution in [0.1, 0.15) is 43.8 Å². The van der Waals surface area contributed by atoms with Gasteiger partial charge in [0.1, 0.15) is 11.3 Å². The molecular formula is C18H27N5O2. The van der Waals surface area contributed by atoms with Gasteiger partial charge in [0.05, 0.1) is 25.4 Å². The van der Waals surface area contributed by atoms with Crippen molar-refractivity contribution in [1.82, 2.24) is 20.1 Å². The van der Waals surface area contributed by atoms with Crippen molar-refractivity contribution in [1.29, 1.82) is 5.26 Å². The summed E-state index contributed by atoms with van der Waals surface area (Å²) in [7, 11) is 2.07. The molecule has 2 fully saturated rings. The molecule has 1 atom stereocenters. The van der Waals surface area contributed by atoms with Crippen LogP contribution in [-0.2, 0) is 11.3 Å². The molecule has 1 saturated heterocycles. The molecule has 0 aromatic carbocycles. The lowest BCUT2D eigenvalue weighted by Crippen LogP contribution is -2.49. The summed E-state index contributed by atoms with van der Waals surface area (Å²) in [6.07, 6.45) is 6.34. The second kappa shape index (κ2) is 7.54. The molecule has 1 aromatic heterocycles. The maximum atomic E-state index is 12.3. The third-order valence-corrected chi connectivity index (χ3v) is 5.34. The van der Waals surface area contributed by atoms with E-state index in [1.807, 2.05) is 6.92 Å². The molecule has 1 saturated carbocycles. The Morgan fingerprint density at radius 1 is 1.56 bits per heavy atom. The van der Waals surface area contributed by atoms with Gasteiger partial charge in [-0.2, -0.15) is 5.26 Å². The summed E-state index contributed by atoms with van der Waals surface area (Å²) in [5.74, 6) is 1.52. The van der Waals surface area contributed by atoms with Gasteiger partial charge in [0, 0.05) is 19.1 Å². The lowest BCUT2D eigenvalue weighted by atomic mass is 10.00. The van der Waals surface area contributed by atoms with E-state index in [1.54, 1.807) is 6.20 Å². The Morgan fingerprint density at radius 3 is 2.96 bits per heavy atom. The Hall–Kier alpha value is -1.91. The predicted octanol–water partition coefficient (Wildman–Crippen LogP) is 1.44. The van der Waals surface area contributed by atoms with E-state index in [1.165, 1.54) is 0 Å². The summed E-state index contributed by atoms with van der Waals surface area (Å²) in [5, 5.41) is 12.4. The molecule has 0 spiro atoms. The number of carbonyl (C=O) groups is 1. The summed E-state index contributed by atoms with van der Waals surface area (Å²) in [5.41, 5.74) is -0.629. The number of amides is 1. The minimum Gasteiger partial charge on any atom is -0.445 e. The molecule has 25 heavy (non-hydrogen) atoms. The van der Waals surface area contributed by atoms with Crippen molar-refractivity contribution in [3.8, 4) is 6.07 Å². The zero-order chi connectivity index (χ0) is 17.9. The standard InChI is InChI=1S/C18H27N5O2/c1-14-9-20-17(25-14)12-22(2)15-5-8-23(10-15)11-16(24)21-18(13-19)6-3-4-7-18/h9,15H,3-8,10-12H2,1-2H3,(H,21,24)/t15-/m0/s1. The first-order valence-corrected chi connectivity index (χ1v) is 9.06. The largest absolute Gasteiger partial charge is 0.445 e. The highest BCUT2D eigenvalue weighted by Crippen LogP contribution is 2.28. The number of nitrogens with one attached hydrogen (secondary N) is 1. The number of likely N-dealkylation sites (tertiary alicyclic amines) is 1. The lowest BCUT2D eigenvalue weighted by Gasteiger charge is -2.25.